The molecule has 0 aliphatic carbocycles. The third kappa shape index (κ3) is 7.07. The highest BCUT2D eigenvalue weighted by molar-refractivity contribution is 5.91. The van der Waals surface area contributed by atoms with Gasteiger partial charge in [0.2, 0.25) is 5.69 Å². The van der Waals surface area contributed by atoms with Crippen molar-refractivity contribution in [1.82, 2.24) is 0 Å². The largest absolute Gasteiger partial charge is 0.618 e. The Morgan fingerprint density at radius 2 is 1.38 bits per heavy atom. The maximum absolute atomic E-state index is 12.4. The second-order valence-electron chi connectivity index (χ2n) is 6.60. The normalized spacial score (nSPS) is 11.2. The van der Waals surface area contributed by atoms with E-state index in [1.807, 2.05) is 6.92 Å². The van der Waals surface area contributed by atoms with E-state index in [1.165, 1.54) is 6.21 Å². The lowest BCUT2D eigenvalue weighted by molar-refractivity contribution is -0.354. The van der Waals surface area contributed by atoms with Crippen molar-refractivity contribution < 1.29 is 23.8 Å². The van der Waals surface area contributed by atoms with E-state index in [-0.39, 0.29) is 11.9 Å². The Kier molecular flexibility index (Phi) is 8.89. The molecule has 0 saturated heterocycles. The minimum Gasteiger partial charge on any atom is -0.618 e. The molecule has 0 spiro atoms. The van der Waals surface area contributed by atoms with E-state index in [4.69, 9.17) is 9.47 Å². The quantitative estimate of drug-likeness (QED) is 0.143. The van der Waals surface area contributed by atoms with E-state index in [1.54, 1.807) is 48.5 Å². The molecule has 2 aromatic rings. The van der Waals surface area contributed by atoms with Gasteiger partial charge in [0.1, 0.15) is 0 Å². The van der Waals surface area contributed by atoms with Crippen LogP contribution < -0.4 is 0 Å². The molecule has 154 valence electrons. The maximum Gasteiger partial charge on any atom is 0.338 e. The van der Waals surface area contributed by atoms with E-state index >= 15 is 0 Å². The molecule has 6 nitrogen and oxygen atoms in total. The lowest BCUT2D eigenvalue weighted by Gasteiger charge is -2.06. The van der Waals surface area contributed by atoms with Gasteiger partial charge in [0.25, 0.3) is 0 Å². The second kappa shape index (κ2) is 11.6. The number of carbonyl (C=O) groups excluding carboxylic acids is 2. The Bertz CT molecular complexity index is 825. The van der Waals surface area contributed by atoms with Crippen LogP contribution in [0.1, 0.15) is 65.8 Å². The van der Waals surface area contributed by atoms with Gasteiger partial charge in [-0.1, -0.05) is 26.7 Å². The number of hydrogen-bond donors (Lipinski definition) is 0. The van der Waals surface area contributed by atoms with Gasteiger partial charge >= 0.3 is 11.9 Å². The number of ether oxygens (including phenoxy) is 2. The molecule has 0 saturated carbocycles. The van der Waals surface area contributed by atoms with E-state index in [0.717, 1.165) is 25.7 Å². The summed E-state index contributed by atoms with van der Waals surface area (Å²) in [7, 11) is 0. The number of nitrogens with zero attached hydrogens (tertiary/aromatic N) is 1. The zero-order valence-electron chi connectivity index (χ0n) is 16.9. The average molecular weight is 397 g/mol. The summed E-state index contributed by atoms with van der Waals surface area (Å²) < 4.78 is 11.0. The van der Waals surface area contributed by atoms with E-state index < -0.39 is 0 Å². The van der Waals surface area contributed by atoms with E-state index in [2.05, 4.69) is 6.92 Å². The van der Waals surface area contributed by atoms with Gasteiger partial charge in [-0.05, 0) is 49.2 Å². The van der Waals surface area contributed by atoms with Crippen LogP contribution in [0.25, 0.3) is 0 Å². The first-order chi connectivity index (χ1) is 14.0. The fraction of sp³-hybridized carbons (Fsp3) is 0.348. The molecule has 6 heteroatoms. The summed E-state index contributed by atoms with van der Waals surface area (Å²) in [6, 6.07) is 12.9. The van der Waals surface area contributed by atoms with Crippen LogP contribution in [0.5, 0.6) is 0 Å². The van der Waals surface area contributed by atoms with Crippen molar-refractivity contribution in [1.29, 1.82) is 0 Å². The zero-order chi connectivity index (χ0) is 21.1. The van der Waals surface area contributed by atoms with Crippen LogP contribution in [0.15, 0.2) is 48.5 Å². The van der Waals surface area contributed by atoms with Gasteiger partial charge < -0.3 is 14.7 Å². The molecular formula is C23H27NO5. The van der Waals surface area contributed by atoms with Crippen LogP contribution in [-0.4, -0.2) is 36.1 Å². The lowest BCUT2D eigenvalue weighted by atomic mass is 10.1. The maximum atomic E-state index is 12.4. The van der Waals surface area contributed by atoms with Crippen LogP contribution in [0, 0.1) is 5.21 Å². The summed E-state index contributed by atoms with van der Waals surface area (Å²) in [4.78, 5) is 23.8. The highest BCUT2D eigenvalue weighted by atomic mass is 16.5. The van der Waals surface area contributed by atoms with Gasteiger partial charge in [-0.2, -0.15) is 4.74 Å². The molecule has 0 radical (unpaired) electrons. The van der Waals surface area contributed by atoms with Gasteiger partial charge in [0.05, 0.1) is 24.3 Å². The number of esters is 2. The monoisotopic (exact) mass is 397 g/mol. The summed E-state index contributed by atoms with van der Waals surface area (Å²) in [5, 5.41) is 12.4. The van der Waals surface area contributed by atoms with E-state index in [0.29, 0.717) is 40.3 Å². The summed E-state index contributed by atoms with van der Waals surface area (Å²) in [5.41, 5.74) is 1.88. The van der Waals surface area contributed by atoms with Crippen LogP contribution in [0.3, 0.4) is 0 Å². The molecule has 0 aromatic heterocycles. The molecule has 0 bridgehead atoms. The minimum atomic E-state index is -0.389. The molecule has 29 heavy (non-hydrogen) atoms. The Hall–Kier alpha value is -3.15. The smallest absolute Gasteiger partial charge is 0.338 e. The van der Waals surface area contributed by atoms with Crippen molar-refractivity contribution in [3.63, 3.8) is 0 Å². The molecule has 0 N–H and O–H groups in total. The molecule has 0 aliphatic heterocycles. The number of unbranched alkanes of at least 4 members (excludes halogenated alkanes) is 2. The van der Waals surface area contributed by atoms with Crippen molar-refractivity contribution in [3.05, 3.63) is 70.4 Å². The fourth-order valence-electron chi connectivity index (χ4n) is 2.54. The number of benzene rings is 2. The second-order valence-corrected chi connectivity index (χ2v) is 6.60. The van der Waals surface area contributed by atoms with Gasteiger partial charge in [0.15, 0.2) is 6.21 Å². The van der Waals surface area contributed by atoms with Crippen molar-refractivity contribution >= 4 is 23.8 Å². The van der Waals surface area contributed by atoms with Crippen LogP contribution in [0.4, 0.5) is 5.69 Å². The van der Waals surface area contributed by atoms with E-state index in [9.17, 15) is 14.8 Å². The van der Waals surface area contributed by atoms with Gasteiger partial charge in [0, 0.05) is 17.7 Å². The summed E-state index contributed by atoms with van der Waals surface area (Å²) in [6.07, 6.45) is 5.10. The van der Waals surface area contributed by atoms with Gasteiger partial charge in [-0.3, -0.25) is 0 Å². The molecular weight excluding hydrogens is 370 g/mol. The molecule has 0 amide bonds. The Balaban J connectivity index is 1.98. The number of rotatable bonds is 10. The van der Waals surface area contributed by atoms with Gasteiger partial charge in [-0.25, -0.2) is 9.59 Å². The molecule has 0 fully saturated rings. The predicted octanol–water partition coefficient (Wildman–Crippen LogP) is 4.86. The minimum absolute atomic E-state index is 0.378. The highest BCUT2D eigenvalue weighted by Gasteiger charge is 2.10. The first kappa shape index (κ1) is 22.1. The van der Waals surface area contributed by atoms with Crippen LogP contribution in [-0.2, 0) is 9.47 Å². The highest BCUT2D eigenvalue weighted by Crippen LogP contribution is 2.14. The first-order valence-corrected chi connectivity index (χ1v) is 9.90. The molecule has 0 atom stereocenters. The topological polar surface area (TPSA) is 78.7 Å². The molecule has 0 heterocycles. The third-order valence-electron chi connectivity index (χ3n) is 4.19. The SMILES string of the molecule is CCCCCOC(=O)c1ccc([N+]([O-])=Cc2ccc(C(=O)OCCC)cc2)cc1. The number of carbonyl (C=O) groups is 2. The Morgan fingerprint density at radius 1 is 0.828 bits per heavy atom. The van der Waals surface area contributed by atoms with Crippen molar-refractivity contribution in [2.45, 2.75) is 39.5 Å². The third-order valence-corrected chi connectivity index (χ3v) is 4.19. The molecule has 2 rings (SSSR count). The first-order valence-electron chi connectivity index (χ1n) is 9.90. The van der Waals surface area contributed by atoms with Crippen LogP contribution >= 0.6 is 0 Å². The summed E-state index contributed by atoms with van der Waals surface area (Å²) >= 11 is 0. The van der Waals surface area contributed by atoms with Crippen molar-refractivity contribution in [2.24, 2.45) is 0 Å². The van der Waals surface area contributed by atoms with Crippen molar-refractivity contribution in [3.8, 4) is 0 Å². The Morgan fingerprint density at radius 3 is 1.93 bits per heavy atom. The standard InChI is InChI=1S/C23H27NO5/c1-3-5-6-16-29-23(26)20-11-13-21(14-12-20)24(27)17-18-7-9-19(10-8-18)22(25)28-15-4-2/h7-14,17H,3-6,15-16H2,1-2H3. The molecule has 2 aromatic carbocycles. The average Bonchev–Trinajstić information content (AvgIpc) is 2.75. The fourth-order valence-corrected chi connectivity index (χ4v) is 2.54. The predicted molar refractivity (Wildman–Crippen MR) is 112 cm³/mol. The van der Waals surface area contributed by atoms with Crippen molar-refractivity contribution in [2.75, 3.05) is 13.2 Å². The Labute approximate surface area is 171 Å². The molecule has 0 aliphatic rings. The van der Waals surface area contributed by atoms with Crippen LogP contribution in [0.2, 0.25) is 0 Å². The number of hydrogen-bond acceptors (Lipinski definition) is 5. The lowest BCUT2D eigenvalue weighted by Crippen LogP contribution is -2.07. The van der Waals surface area contributed by atoms with Gasteiger partial charge in [-0.15, -0.1) is 0 Å². The summed E-state index contributed by atoms with van der Waals surface area (Å²) in [5.74, 6) is -0.769. The molecule has 0 unspecified atom stereocenters. The summed E-state index contributed by atoms with van der Waals surface area (Å²) in [6.45, 7) is 4.79. The zero-order valence-corrected chi connectivity index (χ0v) is 16.9.